The van der Waals surface area contributed by atoms with E-state index in [9.17, 15) is 9.90 Å². The van der Waals surface area contributed by atoms with Crippen molar-refractivity contribution in [3.8, 4) is 0 Å². The molecule has 2 aromatic heterocycles. The highest BCUT2D eigenvalue weighted by Gasteiger charge is 2.27. The fourth-order valence-electron chi connectivity index (χ4n) is 4.38. The highest BCUT2D eigenvalue weighted by Crippen LogP contribution is 2.27. The first-order chi connectivity index (χ1) is 16.1. The van der Waals surface area contributed by atoms with E-state index in [4.69, 9.17) is 0 Å². The van der Waals surface area contributed by atoms with Crippen LogP contribution in [0.15, 0.2) is 85.3 Å². The Balaban J connectivity index is 1.37. The van der Waals surface area contributed by atoms with Gasteiger partial charge in [-0.25, -0.2) is 14.8 Å². The standard InChI is InChI=1S/C25H26N6O2/c1-27(21-9-12-26-13-10-21)30-14-11-20-19-23(7-8-24(20)30)31(25(32)33)29-17-15-28(16-18-29)22-5-3-2-4-6-22/h2-14,19H,15-18H2,1H3,(H,32,33). The van der Waals surface area contributed by atoms with Crippen molar-refractivity contribution >= 4 is 34.1 Å². The number of anilines is 3. The van der Waals surface area contributed by atoms with E-state index in [1.807, 2.05) is 82.5 Å². The molecule has 5 rings (SSSR count). The number of hydrogen-bond acceptors (Lipinski definition) is 5. The first kappa shape index (κ1) is 20.8. The lowest BCUT2D eigenvalue weighted by Crippen LogP contribution is -2.55. The molecule has 1 aliphatic rings. The molecular formula is C25H26N6O2. The Morgan fingerprint density at radius 2 is 1.64 bits per heavy atom. The summed E-state index contributed by atoms with van der Waals surface area (Å²) < 4.78 is 2.04. The maximum atomic E-state index is 12.2. The summed E-state index contributed by atoms with van der Waals surface area (Å²) >= 11 is 0. The van der Waals surface area contributed by atoms with Crippen molar-refractivity contribution in [1.82, 2.24) is 14.7 Å². The van der Waals surface area contributed by atoms with E-state index in [1.54, 1.807) is 12.4 Å². The van der Waals surface area contributed by atoms with Gasteiger partial charge in [0.15, 0.2) is 0 Å². The summed E-state index contributed by atoms with van der Waals surface area (Å²) in [5.41, 5.74) is 3.82. The summed E-state index contributed by atoms with van der Waals surface area (Å²) in [5, 5.41) is 16.3. The number of nitrogens with zero attached hydrogens (tertiary/aromatic N) is 6. The van der Waals surface area contributed by atoms with Crippen LogP contribution in [0.2, 0.25) is 0 Å². The summed E-state index contributed by atoms with van der Waals surface area (Å²) in [4.78, 5) is 18.6. The van der Waals surface area contributed by atoms with Gasteiger partial charge in [0.05, 0.1) is 16.9 Å². The fourth-order valence-corrected chi connectivity index (χ4v) is 4.38. The molecule has 33 heavy (non-hydrogen) atoms. The van der Waals surface area contributed by atoms with Crippen LogP contribution in [0.5, 0.6) is 0 Å². The highest BCUT2D eigenvalue weighted by molar-refractivity contribution is 5.91. The van der Waals surface area contributed by atoms with Gasteiger partial charge in [-0.15, -0.1) is 0 Å². The first-order valence-electron chi connectivity index (χ1n) is 10.9. The van der Waals surface area contributed by atoms with Gasteiger partial charge in [0, 0.05) is 62.9 Å². The zero-order valence-corrected chi connectivity index (χ0v) is 18.5. The van der Waals surface area contributed by atoms with Crippen LogP contribution in [0, 0.1) is 0 Å². The van der Waals surface area contributed by atoms with Crippen molar-refractivity contribution in [2.75, 3.05) is 48.1 Å². The Morgan fingerprint density at radius 3 is 2.33 bits per heavy atom. The van der Waals surface area contributed by atoms with Crippen molar-refractivity contribution in [2.24, 2.45) is 0 Å². The lowest BCUT2D eigenvalue weighted by atomic mass is 10.2. The van der Waals surface area contributed by atoms with E-state index in [2.05, 4.69) is 22.0 Å². The number of fused-ring (bicyclic) bond motifs is 1. The third-order valence-corrected chi connectivity index (χ3v) is 6.10. The van der Waals surface area contributed by atoms with Gasteiger partial charge in [0.1, 0.15) is 0 Å². The molecule has 0 unspecified atom stereocenters. The van der Waals surface area contributed by atoms with Gasteiger partial charge in [-0.2, -0.15) is 0 Å². The number of carboxylic acid groups (broad SMARTS) is 1. The molecule has 1 aliphatic heterocycles. The van der Waals surface area contributed by atoms with Crippen LogP contribution in [-0.2, 0) is 0 Å². The molecule has 1 N–H and O–H groups in total. The van der Waals surface area contributed by atoms with Gasteiger partial charge in [-0.05, 0) is 48.5 Å². The molecule has 3 heterocycles. The predicted octanol–water partition coefficient (Wildman–Crippen LogP) is 4.16. The number of carbonyl (C=O) groups is 1. The topological polar surface area (TPSA) is 68.1 Å². The number of rotatable bonds is 5. The molecule has 0 spiro atoms. The fraction of sp³-hybridized carbons (Fsp3) is 0.200. The minimum atomic E-state index is -0.976. The van der Waals surface area contributed by atoms with E-state index in [-0.39, 0.29) is 0 Å². The molecule has 0 atom stereocenters. The summed E-state index contributed by atoms with van der Waals surface area (Å²) in [6.07, 6.45) is 4.53. The summed E-state index contributed by atoms with van der Waals surface area (Å²) in [7, 11) is 1.98. The second-order valence-corrected chi connectivity index (χ2v) is 8.00. The minimum Gasteiger partial charge on any atom is -0.464 e. The van der Waals surface area contributed by atoms with Crippen LogP contribution >= 0.6 is 0 Å². The van der Waals surface area contributed by atoms with Crippen LogP contribution in [0.25, 0.3) is 10.9 Å². The second-order valence-electron chi connectivity index (χ2n) is 8.00. The highest BCUT2D eigenvalue weighted by atomic mass is 16.4. The van der Waals surface area contributed by atoms with Crippen LogP contribution < -0.4 is 14.9 Å². The quantitative estimate of drug-likeness (QED) is 0.501. The molecule has 8 nitrogen and oxygen atoms in total. The first-order valence-corrected chi connectivity index (χ1v) is 10.9. The monoisotopic (exact) mass is 442 g/mol. The Labute approximate surface area is 192 Å². The number of benzene rings is 2. The van der Waals surface area contributed by atoms with Crippen molar-refractivity contribution in [3.63, 3.8) is 0 Å². The van der Waals surface area contributed by atoms with Crippen molar-refractivity contribution < 1.29 is 9.90 Å². The molecule has 0 bridgehead atoms. The van der Waals surface area contributed by atoms with Gasteiger partial charge >= 0.3 is 6.09 Å². The largest absolute Gasteiger partial charge is 0.464 e. The molecule has 0 saturated carbocycles. The van der Waals surface area contributed by atoms with Gasteiger partial charge in [0.2, 0.25) is 0 Å². The van der Waals surface area contributed by atoms with Crippen LogP contribution in [-0.4, -0.2) is 59.1 Å². The molecule has 1 saturated heterocycles. The third kappa shape index (κ3) is 4.08. The zero-order chi connectivity index (χ0) is 22.8. The Kier molecular flexibility index (Phi) is 5.58. The van der Waals surface area contributed by atoms with Crippen molar-refractivity contribution in [1.29, 1.82) is 0 Å². The molecular weight excluding hydrogens is 416 g/mol. The number of aromatic nitrogens is 2. The third-order valence-electron chi connectivity index (χ3n) is 6.10. The maximum Gasteiger partial charge on any atom is 0.426 e. The minimum absolute atomic E-state index is 0.630. The lowest BCUT2D eigenvalue weighted by Gasteiger charge is -2.40. The van der Waals surface area contributed by atoms with Gasteiger partial charge in [-0.1, -0.05) is 18.2 Å². The van der Waals surface area contributed by atoms with Crippen molar-refractivity contribution in [2.45, 2.75) is 0 Å². The van der Waals surface area contributed by atoms with Crippen LogP contribution in [0.1, 0.15) is 0 Å². The average molecular weight is 443 g/mol. The van der Waals surface area contributed by atoms with E-state index in [1.165, 1.54) is 10.7 Å². The van der Waals surface area contributed by atoms with Crippen molar-refractivity contribution in [3.05, 3.63) is 85.3 Å². The van der Waals surface area contributed by atoms with E-state index in [0.29, 0.717) is 18.8 Å². The summed E-state index contributed by atoms with van der Waals surface area (Å²) in [5.74, 6) is 0. The second kappa shape index (κ2) is 8.84. The molecule has 168 valence electrons. The van der Waals surface area contributed by atoms with Crippen LogP contribution in [0.4, 0.5) is 21.9 Å². The molecule has 8 heteroatoms. The average Bonchev–Trinajstić information content (AvgIpc) is 3.28. The number of hydrazine groups is 1. The zero-order valence-electron chi connectivity index (χ0n) is 18.5. The van der Waals surface area contributed by atoms with E-state index < -0.39 is 6.09 Å². The maximum absolute atomic E-state index is 12.2. The van der Waals surface area contributed by atoms with Gasteiger partial charge < -0.3 is 10.0 Å². The lowest BCUT2D eigenvalue weighted by molar-refractivity contribution is 0.165. The summed E-state index contributed by atoms with van der Waals surface area (Å²) in [6, 6.07) is 21.9. The Morgan fingerprint density at radius 1 is 0.909 bits per heavy atom. The van der Waals surface area contributed by atoms with E-state index >= 15 is 0 Å². The number of para-hydroxylation sites is 1. The van der Waals surface area contributed by atoms with E-state index in [0.717, 1.165) is 29.7 Å². The summed E-state index contributed by atoms with van der Waals surface area (Å²) in [6.45, 7) is 2.79. The normalized spacial score (nSPS) is 14.4. The number of piperazine rings is 1. The van der Waals surface area contributed by atoms with Gasteiger partial charge in [-0.3, -0.25) is 14.7 Å². The Hall–Kier alpha value is -4.04. The van der Waals surface area contributed by atoms with Gasteiger partial charge in [0.25, 0.3) is 0 Å². The molecule has 1 fully saturated rings. The predicted molar refractivity (Wildman–Crippen MR) is 131 cm³/mol. The SMILES string of the molecule is CN(c1ccncc1)n1ccc2cc(N(C(=O)O)N3CCN(c4ccccc4)CC3)ccc21. The van der Waals surface area contributed by atoms with Crippen LogP contribution in [0.3, 0.4) is 0 Å². The number of amides is 1. The molecule has 4 aromatic rings. The smallest absolute Gasteiger partial charge is 0.426 e. The Bertz CT molecular complexity index is 1240. The number of hydrogen-bond donors (Lipinski definition) is 1. The number of pyridine rings is 1. The molecule has 2 aromatic carbocycles. The molecule has 0 aliphatic carbocycles. The molecule has 1 amide bonds. The molecule has 0 radical (unpaired) electrons.